The molecule has 1 atom stereocenters. The van der Waals surface area contributed by atoms with Crippen LogP contribution in [0.5, 0.6) is 0 Å². The van der Waals surface area contributed by atoms with Crippen molar-refractivity contribution in [3.8, 4) is 0 Å². The molecule has 1 unspecified atom stereocenters. The summed E-state index contributed by atoms with van der Waals surface area (Å²) in [5, 5.41) is 5.32. The summed E-state index contributed by atoms with van der Waals surface area (Å²) in [6, 6.07) is -0.748. The summed E-state index contributed by atoms with van der Waals surface area (Å²) >= 11 is 0. The van der Waals surface area contributed by atoms with E-state index in [0.717, 1.165) is 13.0 Å². The first-order valence-corrected chi connectivity index (χ1v) is 14.8. The number of nitrogens with one attached hydrogen (secondary N) is 2. The summed E-state index contributed by atoms with van der Waals surface area (Å²) in [5.41, 5.74) is 4.18. The smallest absolute Gasteiger partial charge is 0.243 e. The topological polar surface area (TPSA) is 157 Å². The van der Waals surface area contributed by atoms with Gasteiger partial charge in [-0.2, -0.15) is 0 Å². The van der Waals surface area contributed by atoms with E-state index in [1.54, 1.807) is 20.8 Å². The lowest BCUT2D eigenvalue weighted by Crippen LogP contribution is -2.51. The maximum Gasteiger partial charge on any atom is 0.243 e. The molecular formula is C30H56N4O7. The van der Waals surface area contributed by atoms with Gasteiger partial charge in [0.2, 0.25) is 23.6 Å². The maximum atomic E-state index is 12.5. The molecule has 1 aliphatic heterocycles. The van der Waals surface area contributed by atoms with Crippen molar-refractivity contribution in [3.63, 3.8) is 0 Å². The molecule has 4 amide bonds. The number of amides is 4. The number of ether oxygens (including phenoxy) is 2. The van der Waals surface area contributed by atoms with Crippen LogP contribution in [0.25, 0.3) is 0 Å². The van der Waals surface area contributed by atoms with Crippen molar-refractivity contribution >= 4 is 29.4 Å². The summed E-state index contributed by atoms with van der Waals surface area (Å²) in [5.74, 6) is -1.04. The van der Waals surface area contributed by atoms with E-state index < -0.39 is 17.4 Å². The summed E-state index contributed by atoms with van der Waals surface area (Å²) in [7, 11) is 0. The van der Waals surface area contributed by atoms with Gasteiger partial charge in [-0.1, -0.05) is 62.3 Å². The van der Waals surface area contributed by atoms with E-state index in [9.17, 15) is 24.0 Å². The lowest BCUT2D eigenvalue weighted by Gasteiger charge is -2.40. The van der Waals surface area contributed by atoms with Gasteiger partial charge in [0, 0.05) is 24.7 Å². The van der Waals surface area contributed by atoms with E-state index in [2.05, 4.69) is 17.6 Å². The Morgan fingerprint density at radius 3 is 1.93 bits per heavy atom. The number of nitrogens with two attached hydrogens (primary N) is 1. The van der Waals surface area contributed by atoms with Crippen LogP contribution >= 0.6 is 0 Å². The molecule has 0 radical (unpaired) electrons. The molecule has 0 aromatic carbocycles. The molecule has 0 bridgehead atoms. The fraction of sp³-hybridized carbons (Fsp3) is 0.833. The SMILES string of the molecule is CC(C)C(NC(=O)CCOCCOCCN1C(=O)CC(C)(C(C)C)CC1=O)C(=O)NCC(=O)C(C)(C)C.CCCN. The van der Waals surface area contributed by atoms with Crippen LogP contribution in [-0.2, 0) is 33.4 Å². The number of piperidine rings is 1. The number of rotatable bonds is 16. The minimum absolute atomic E-state index is 0.0722. The van der Waals surface area contributed by atoms with Crippen molar-refractivity contribution in [3.05, 3.63) is 0 Å². The molecule has 1 fully saturated rings. The lowest BCUT2D eigenvalue weighted by atomic mass is 9.71. The number of carbonyl (C=O) groups excluding carboxylic acids is 5. The Morgan fingerprint density at radius 2 is 1.49 bits per heavy atom. The van der Waals surface area contributed by atoms with Crippen LogP contribution in [0.3, 0.4) is 0 Å². The van der Waals surface area contributed by atoms with E-state index in [1.165, 1.54) is 4.90 Å². The predicted molar refractivity (Wildman–Crippen MR) is 159 cm³/mol. The van der Waals surface area contributed by atoms with Gasteiger partial charge in [0.15, 0.2) is 5.78 Å². The number of imide groups is 1. The fourth-order valence-corrected chi connectivity index (χ4v) is 3.71. The zero-order chi connectivity index (χ0) is 31.8. The zero-order valence-corrected chi connectivity index (χ0v) is 26.9. The Balaban J connectivity index is 0.00000373. The number of hydrogen-bond donors (Lipinski definition) is 3. The highest BCUT2D eigenvalue weighted by Crippen LogP contribution is 2.39. The second kappa shape index (κ2) is 18.9. The third kappa shape index (κ3) is 14.9. The summed E-state index contributed by atoms with van der Waals surface area (Å²) in [4.78, 5) is 62.9. The predicted octanol–water partition coefficient (Wildman–Crippen LogP) is 2.45. The quantitative estimate of drug-likeness (QED) is 0.184. The van der Waals surface area contributed by atoms with Crippen LogP contribution in [0.15, 0.2) is 0 Å². The van der Waals surface area contributed by atoms with Crippen molar-refractivity contribution in [1.82, 2.24) is 15.5 Å². The average molecular weight is 585 g/mol. The normalized spacial score (nSPS) is 15.9. The average Bonchev–Trinajstić information content (AvgIpc) is 2.87. The molecule has 1 heterocycles. The molecule has 4 N–H and O–H groups in total. The number of likely N-dealkylation sites (tertiary alicyclic amines) is 1. The summed E-state index contributed by atoms with van der Waals surface area (Å²) in [6.45, 7) is 18.9. The first-order chi connectivity index (χ1) is 19.0. The van der Waals surface area contributed by atoms with Crippen molar-refractivity contribution in [2.75, 3.05) is 46.1 Å². The molecule has 0 aliphatic carbocycles. The highest BCUT2D eigenvalue weighted by Gasteiger charge is 2.42. The molecule has 0 aromatic heterocycles. The highest BCUT2D eigenvalue weighted by atomic mass is 16.5. The number of Topliss-reactive ketones (excluding diaryl/α,β-unsaturated/α-hetero) is 1. The molecule has 1 rings (SSSR count). The van der Waals surface area contributed by atoms with Crippen LogP contribution in [0, 0.1) is 22.7 Å². The maximum absolute atomic E-state index is 12.5. The summed E-state index contributed by atoms with van der Waals surface area (Å²) < 4.78 is 10.9. The van der Waals surface area contributed by atoms with Gasteiger partial charge in [0.05, 0.1) is 39.5 Å². The van der Waals surface area contributed by atoms with Gasteiger partial charge in [-0.3, -0.25) is 28.9 Å². The van der Waals surface area contributed by atoms with Crippen molar-refractivity contribution < 1.29 is 33.4 Å². The number of carbonyl (C=O) groups is 5. The van der Waals surface area contributed by atoms with E-state index in [0.29, 0.717) is 12.8 Å². The molecule has 0 aromatic rings. The molecule has 0 spiro atoms. The van der Waals surface area contributed by atoms with Gasteiger partial charge in [-0.15, -0.1) is 0 Å². The molecule has 11 nitrogen and oxygen atoms in total. The number of nitrogens with zero attached hydrogens (tertiary/aromatic N) is 1. The van der Waals surface area contributed by atoms with Gasteiger partial charge in [0.25, 0.3) is 0 Å². The van der Waals surface area contributed by atoms with Gasteiger partial charge in [0.1, 0.15) is 6.04 Å². The summed E-state index contributed by atoms with van der Waals surface area (Å²) in [6.07, 6.45) is 1.88. The molecule has 41 heavy (non-hydrogen) atoms. The third-order valence-corrected chi connectivity index (χ3v) is 7.22. The van der Waals surface area contributed by atoms with Crippen molar-refractivity contribution in [2.45, 2.75) is 94.0 Å². The van der Waals surface area contributed by atoms with Crippen molar-refractivity contribution in [1.29, 1.82) is 0 Å². The number of hydrogen-bond acceptors (Lipinski definition) is 8. The second-order valence-corrected chi connectivity index (χ2v) is 12.5. The Kier molecular flexibility index (Phi) is 17.8. The molecule has 238 valence electrons. The molecule has 1 saturated heterocycles. The molecular weight excluding hydrogens is 528 g/mol. The molecule has 1 aliphatic rings. The minimum Gasteiger partial charge on any atom is -0.379 e. The van der Waals surface area contributed by atoms with E-state index in [1.807, 2.05) is 34.6 Å². The van der Waals surface area contributed by atoms with Gasteiger partial charge < -0.3 is 25.8 Å². The fourth-order valence-electron chi connectivity index (χ4n) is 3.71. The van der Waals surface area contributed by atoms with Gasteiger partial charge in [-0.25, -0.2) is 0 Å². The number of ketones is 1. The van der Waals surface area contributed by atoms with Crippen LogP contribution in [0.4, 0.5) is 0 Å². The Bertz CT molecular complexity index is 832. The van der Waals surface area contributed by atoms with Gasteiger partial charge >= 0.3 is 0 Å². The van der Waals surface area contributed by atoms with Crippen LogP contribution < -0.4 is 16.4 Å². The molecule has 0 saturated carbocycles. The van der Waals surface area contributed by atoms with E-state index in [4.69, 9.17) is 15.2 Å². The minimum atomic E-state index is -0.748. The first-order valence-electron chi connectivity index (χ1n) is 14.8. The molecule has 11 heteroatoms. The second-order valence-electron chi connectivity index (χ2n) is 12.5. The zero-order valence-electron chi connectivity index (χ0n) is 26.9. The van der Waals surface area contributed by atoms with Gasteiger partial charge in [-0.05, 0) is 30.2 Å². The van der Waals surface area contributed by atoms with E-state index in [-0.39, 0.29) is 86.7 Å². The largest absolute Gasteiger partial charge is 0.379 e. The van der Waals surface area contributed by atoms with E-state index >= 15 is 0 Å². The Morgan fingerprint density at radius 1 is 0.976 bits per heavy atom. The van der Waals surface area contributed by atoms with Crippen LogP contribution in [0.2, 0.25) is 0 Å². The third-order valence-electron chi connectivity index (χ3n) is 7.22. The van der Waals surface area contributed by atoms with Crippen molar-refractivity contribution in [2.24, 2.45) is 28.4 Å². The standard InChI is InChI=1S/C27H47N3O7.C3H9N/c1-18(2)24(25(35)28-17-20(31)26(5,6)7)29-21(32)9-11-36-13-14-37-12-10-30-22(33)15-27(8,19(3)4)16-23(30)34;1-2-3-4/h18-19,24H,9-17H2,1-8H3,(H,28,35)(H,29,32);2-4H2,1H3. The first kappa shape index (κ1) is 38.6. The van der Waals surface area contributed by atoms with Crippen LogP contribution in [-0.4, -0.2) is 86.4 Å². The monoisotopic (exact) mass is 584 g/mol. The Labute approximate surface area is 247 Å². The lowest BCUT2D eigenvalue weighted by molar-refractivity contribution is -0.155. The van der Waals surface area contributed by atoms with Crippen LogP contribution in [0.1, 0.15) is 88.0 Å². The Hall–Kier alpha value is -2.37. The highest BCUT2D eigenvalue weighted by molar-refractivity contribution is 5.98.